The van der Waals surface area contributed by atoms with Crippen molar-refractivity contribution in [2.75, 3.05) is 41.3 Å². The van der Waals surface area contributed by atoms with Gasteiger partial charge in [-0.25, -0.2) is 23.9 Å². The van der Waals surface area contributed by atoms with Gasteiger partial charge < -0.3 is 24.3 Å². The normalized spacial score (nSPS) is 17.6. The molecule has 11 heteroatoms. The van der Waals surface area contributed by atoms with Gasteiger partial charge in [0.25, 0.3) is 0 Å². The Hall–Kier alpha value is -3.89. The van der Waals surface area contributed by atoms with Crippen LogP contribution < -0.4 is 15.1 Å². The van der Waals surface area contributed by atoms with Crippen LogP contribution in [0.25, 0.3) is 5.65 Å². The number of aryl methyl sites for hydroxylation is 1. The number of fused-ring (bicyclic) bond motifs is 2. The van der Waals surface area contributed by atoms with Gasteiger partial charge in [0.1, 0.15) is 17.1 Å². The molecule has 1 N–H and O–H groups in total. The predicted octanol–water partition coefficient (Wildman–Crippen LogP) is 4.61. The highest BCUT2D eigenvalue weighted by atomic mass is 19.1. The highest BCUT2D eigenvalue weighted by Gasteiger charge is 2.35. The summed E-state index contributed by atoms with van der Waals surface area (Å²) in [5.41, 5.74) is 2.75. The summed E-state index contributed by atoms with van der Waals surface area (Å²) in [6, 6.07) is 2.83. The van der Waals surface area contributed by atoms with Crippen LogP contribution in [0.4, 0.5) is 31.2 Å². The SMILES string of the molecule is CC[C@H]1CN(c2ccnc3c2CCN3C(=O)Nc2cn3cc(C)nc3cc2F)CCN1C(=O)OC(C)(C)C. The van der Waals surface area contributed by atoms with Crippen LogP contribution in [0, 0.1) is 12.7 Å². The first-order chi connectivity index (χ1) is 18.0. The Morgan fingerprint density at radius 3 is 2.74 bits per heavy atom. The lowest BCUT2D eigenvalue weighted by Gasteiger charge is -2.42. The Kier molecular flexibility index (Phi) is 6.62. The lowest BCUT2D eigenvalue weighted by molar-refractivity contribution is 0.0136. The fourth-order valence-electron chi connectivity index (χ4n) is 5.16. The third-order valence-corrected chi connectivity index (χ3v) is 6.92. The zero-order valence-corrected chi connectivity index (χ0v) is 22.5. The number of piperazine rings is 1. The molecule has 5 heterocycles. The summed E-state index contributed by atoms with van der Waals surface area (Å²) in [6.45, 7) is 11.8. The van der Waals surface area contributed by atoms with Gasteiger partial charge in [-0.2, -0.15) is 0 Å². The number of urea groups is 1. The highest BCUT2D eigenvalue weighted by Crippen LogP contribution is 2.35. The number of pyridine rings is 2. The molecular weight excluding hydrogens is 489 g/mol. The topological polar surface area (TPSA) is 95.3 Å². The van der Waals surface area contributed by atoms with Crippen molar-refractivity contribution in [1.29, 1.82) is 0 Å². The van der Waals surface area contributed by atoms with Crippen molar-refractivity contribution in [1.82, 2.24) is 19.3 Å². The van der Waals surface area contributed by atoms with Crippen LogP contribution >= 0.6 is 0 Å². The molecule has 202 valence electrons. The zero-order chi connectivity index (χ0) is 27.2. The molecule has 1 saturated heterocycles. The fourth-order valence-corrected chi connectivity index (χ4v) is 5.16. The average molecular weight is 524 g/mol. The minimum absolute atomic E-state index is 0.00734. The Bertz CT molecular complexity index is 1380. The van der Waals surface area contributed by atoms with Gasteiger partial charge in [0, 0.05) is 62.1 Å². The molecule has 0 spiro atoms. The number of nitrogens with zero attached hydrogens (tertiary/aromatic N) is 6. The van der Waals surface area contributed by atoms with E-state index in [0.29, 0.717) is 44.1 Å². The molecule has 3 amide bonds. The number of imidazole rings is 1. The molecule has 3 aromatic heterocycles. The summed E-state index contributed by atoms with van der Waals surface area (Å²) in [6.07, 6.45) is 6.14. The summed E-state index contributed by atoms with van der Waals surface area (Å²) in [7, 11) is 0. The molecule has 1 atom stereocenters. The first-order valence-corrected chi connectivity index (χ1v) is 13.0. The monoisotopic (exact) mass is 523 g/mol. The van der Waals surface area contributed by atoms with Gasteiger partial charge in [0.2, 0.25) is 0 Å². The van der Waals surface area contributed by atoms with Crippen LogP contribution in [0.1, 0.15) is 45.4 Å². The minimum Gasteiger partial charge on any atom is -0.444 e. The van der Waals surface area contributed by atoms with Crippen molar-refractivity contribution in [3.8, 4) is 0 Å². The maximum absolute atomic E-state index is 14.7. The Balaban J connectivity index is 1.33. The summed E-state index contributed by atoms with van der Waals surface area (Å²) >= 11 is 0. The third kappa shape index (κ3) is 4.97. The van der Waals surface area contributed by atoms with Crippen LogP contribution in [0.15, 0.2) is 30.7 Å². The molecular formula is C27H34FN7O3. The van der Waals surface area contributed by atoms with Crippen LogP contribution in [-0.4, -0.2) is 69.2 Å². The van der Waals surface area contributed by atoms with Gasteiger partial charge in [0.05, 0.1) is 17.4 Å². The lowest BCUT2D eigenvalue weighted by Crippen LogP contribution is -2.56. The van der Waals surface area contributed by atoms with E-state index in [-0.39, 0.29) is 17.8 Å². The molecule has 3 aromatic rings. The molecule has 2 aliphatic heterocycles. The summed E-state index contributed by atoms with van der Waals surface area (Å²) in [5.74, 6) is 0.0219. The number of rotatable bonds is 3. The highest BCUT2D eigenvalue weighted by molar-refractivity contribution is 6.03. The molecule has 0 unspecified atom stereocenters. The van der Waals surface area contributed by atoms with Crippen LogP contribution in [0.2, 0.25) is 0 Å². The molecule has 0 aliphatic carbocycles. The number of hydrogen-bond acceptors (Lipinski definition) is 6. The standard InChI is InChI=1S/C27H34FN7O3/c1-6-18-15-32(11-12-34(18)26(37)38-27(3,4)5)22-7-9-29-24-19(22)8-10-35(24)25(36)31-21-16-33-14-17(2)30-23(33)13-20(21)28/h7,9,13-14,16,18H,6,8,10-12,15H2,1-5H3,(H,31,36)/t18-/m0/s1. The number of ether oxygens (including phenoxy) is 1. The summed E-state index contributed by atoms with van der Waals surface area (Å²) < 4.78 is 22.0. The second-order valence-corrected chi connectivity index (χ2v) is 10.8. The van der Waals surface area contributed by atoms with E-state index in [2.05, 4.69) is 27.1 Å². The van der Waals surface area contributed by atoms with E-state index in [1.807, 2.05) is 38.7 Å². The van der Waals surface area contributed by atoms with Gasteiger partial charge >= 0.3 is 12.1 Å². The summed E-state index contributed by atoms with van der Waals surface area (Å²) in [5, 5.41) is 2.70. The molecule has 5 rings (SSSR count). The zero-order valence-electron chi connectivity index (χ0n) is 22.5. The number of halogens is 1. The van der Waals surface area contributed by atoms with E-state index < -0.39 is 17.4 Å². The molecule has 0 bridgehead atoms. The maximum atomic E-state index is 14.7. The number of amides is 3. The lowest BCUT2D eigenvalue weighted by atomic mass is 10.1. The number of carbonyl (C=O) groups excluding carboxylic acids is 2. The Morgan fingerprint density at radius 1 is 1.21 bits per heavy atom. The van der Waals surface area contributed by atoms with Gasteiger partial charge in [-0.1, -0.05) is 6.92 Å². The van der Waals surface area contributed by atoms with Crippen molar-refractivity contribution in [2.24, 2.45) is 0 Å². The molecule has 38 heavy (non-hydrogen) atoms. The number of aromatic nitrogens is 3. The van der Waals surface area contributed by atoms with Gasteiger partial charge in [-0.15, -0.1) is 0 Å². The minimum atomic E-state index is -0.550. The van der Waals surface area contributed by atoms with Crippen LogP contribution in [-0.2, 0) is 11.2 Å². The molecule has 10 nitrogen and oxygen atoms in total. The largest absolute Gasteiger partial charge is 0.444 e. The number of carbonyl (C=O) groups is 2. The van der Waals surface area contributed by atoms with Crippen LogP contribution in [0.5, 0.6) is 0 Å². The Labute approximate surface area is 221 Å². The van der Waals surface area contributed by atoms with Crippen molar-refractivity contribution in [2.45, 2.75) is 59.1 Å². The number of nitrogens with one attached hydrogen (secondary N) is 1. The van der Waals surface area contributed by atoms with E-state index in [0.717, 1.165) is 23.4 Å². The fraction of sp³-hybridized carbons (Fsp3) is 0.481. The molecule has 0 saturated carbocycles. The quantitative estimate of drug-likeness (QED) is 0.539. The van der Waals surface area contributed by atoms with Gasteiger partial charge in [-0.3, -0.25) is 4.90 Å². The van der Waals surface area contributed by atoms with Gasteiger partial charge in [0.15, 0.2) is 5.82 Å². The molecule has 0 radical (unpaired) electrons. The van der Waals surface area contributed by atoms with E-state index in [4.69, 9.17) is 4.74 Å². The van der Waals surface area contributed by atoms with Crippen molar-refractivity contribution >= 4 is 35.0 Å². The second-order valence-electron chi connectivity index (χ2n) is 10.8. The average Bonchev–Trinajstić information content (AvgIpc) is 3.45. The van der Waals surface area contributed by atoms with Gasteiger partial charge in [-0.05, 0) is 46.6 Å². The van der Waals surface area contributed by atoms with E-state index in [1.165, 1.54) is 12.3 Å². The predicted molar refractivity (Wildman–Crippen MR) is 143 cm³/mol. The summed E-state index contributed by atoms with van der Waals surface area (Å²) in [4.78, 5) is 40.4. The molecule has 1 fully saturated rings. The first kappa shape index (κ1) is 25.7. The van der Waals surface area contributed by atoms with Crippen molar-refractivity contribution in [3.05, 3.63) is 47.8 Å². The third-order valence-electron chi connectivity index (χ3n) is 6.92. The van der Waals surface area contributed by atoms with Crippen molar-refractivity contribution in [3.63, 3.8) is 0 Å². The maximum Gasteiger partial charge on any atom is 0.410 e. The van der Waals surface area contributed by atoms with E-state index in [9.17, 15) is 14.0 Å². The molecule has 2 aliphatic rings. The van der Waals surface area contributed by atoms with Crippen LogP contribution in [0.3, 0.4) is 0 Å². The Morgan fingerprint density at radius 2 is 2.00 bits per heavy atom. The number of anilines is 3. The van der Waals surface area contributed by atoms with Crippen molar-refractivity contribution < 1.29 is 18.7 Å². The smallest absolute Gasteiger partial charge is 0.410 e. The second kappa shape index (κ2) is 9.77. The molecule has 0 aromatic carbocycles. The van der Waals surface area contributed by atoms with E-state index in [1.54, 1.807) is 21.7 Å². The number of hydrogen-bond donors (Lipinski definition) is 1. The first-order valence-electron chi connectivity index (χ1n) is 13.0. The van der Waals surface area contributed by atoms with E-state index >= 15 is 0 Å².